The molecule has 1 fully saturated rings. The molecule has 8 heteroatoms. The third kappa shape index (κ3) is 25.2. The number of nitrogens with two attached hydrogens (primary N) is 1. The molecular weight excluding hydrogens is 568 g/mol. The summed E-state index contributed by atoms with van der Waals surface area (Å²) >= 11 is 0. The summed E-state index contributed by atoms with van der Waals surface area (Å²) in [5.41, 5.74) is 7.08. The van der Waals surface area contributed by atoms with Crippen molar-refractivity contribution < 1.29 is 29.3 Å². The van der Waals surface area contributed by atoms with Crippen LogP contribution in [0.1, 0.15) is 120 Å². The summed E-state index contributed by atoms with van der Waals surface area (Å²) in [6.07, 6.45) is 13.8. The molecular formula is C37H58N2O6. The number of carbonyl (C=O) groups excluding carboxylic acids is 2. The highest BCUT2D eigenvalue weighted by molar-refractivity contribution is 5.99. The number of hydrogen-bond donors (Lipinski definition) is 3. The molecule has 1 saturated heterocycles. The Labute approximate surface area is 272 Å². The van der Waals surface area contributed by atoms with E-state index in [1.165, 1.54) is 38.2 Å². The Morgan fingerprint density at radius 3 is 1.98 bits per heavy atom. The van der Waals surface area contributed by atoms with Gasteiger partial charge in [0.05, 0.1) is 17.8 Å². The van der Waals surface area contributed by atoms with Crippen molar-refractivity contribution in [1.82, 2.24) is 0 Å². The predicted molar refractivity (Wildman–Crippen MR) is 189 cm³/mol. The number of nitrogens with zero attached hydrogens (tertiary/aromatic N) is 1. The first-order valence-corrected chi connectivity index (χ1v) is 15.7. The highest BCUT2D eigenvalue weighted by Gasteiger charge is 2.20. The number of carboxylic acid groups (broad SMARTS) is 1. The number of amidine groups is 1. The van der Waals surface area contributed by atoms with Crippen LogP contribution >= 0.6 is 0 Å². The Morgan fingerprint density at radius 1 is 1.00 bits per heavy atom. The molecule has 0 saturated carbocycles. The first-order valence-electron chi connectivity index (χ1n) is 15.7. The van der Waals surface area contributed by atoms with Crippen molar-refractivity contribution in [3.63, 3.8) is 0 Å². The van der Waals surface area contributed by atoms with Crippen LogP contribution in [0.4, 0.5) is 0 Å². The maximum Gasteiger partial charge on any atom is 0.336 e. The number of carboxylic acids is 1. The van der Waals surface area contributed by atoms with Crippen LogP contribution in [0, 0.1) is 0 Å². The minimum Gasteiger partial charge on any atom is -0.478 e. The lowest BCUT2D eigenvalue weighted by molar-refractivity contribution is -0.117. The number of unbranched alkanes of at least 4 members (excludes halogenated alkanes) is 1. The van der Waals surface area contributed by atoms with E-state index in [1.54, 1.807) is 43.3 Å². The van der Waals surface area contributed by atoms with Gasteiger partial charge in [-0.15, -0.1) is 0 Å². The minimum absolute atomic E-state index is 0.121. The van der Waals surface area contributed by atoms with Gasteiger partial charge in [-0.2, -0.15) is 4.99 Å². The van der Waals surface area contributed by atoms with E-state index < -0.39 is 5.97 Å². The van der Waals surface area contributed by atoms with Gasteiger partial charge in [0.15, 0.2) is 5.78 Å². The average molecular weight is 627 g/mol. The number of allylic oxidation sites excluding steroid dienone is 1. The fraction of sp³-hybridized carbons (Fsp3) is 0.459. The molecule has 0 bridgehead atoms. The quantitative estimate of drug-likeness (QED) is 0.144. The lowest BCUT2D eigenvalue weighted by Crippen LogP contribution is -2.10. The first-order chi connectivity index (χ1) is 21.6. The van der Waals surface area contributed by atoms with E-state index in [0.717, 1.165) is 19.1 Å². The van der Waals surface area contributed by atoms with Crippen molar-refractivity contribution in [3.05, 3.63) is 90.0 Å². The Bertz CT molecular complexity index is 1110. The van der Waals surface area contributed by atoms with Gasteiger partial charge in [-0.3, -0.25) is 9.59 Å². The van der Waals surface area contributed by atoms with E-state index in [9.17, 15) is 14.4 Å². The van der Waals surface area contributed by atoms with Crippen LogP contribution in [0.3, 0.4) is 0 Å². The minimum atomic E-state index is -0.916. The number of ketones is 1. The summed E-state index contributed by atoms with van der Waals surface area (Å²) in [6, 6.07) is 16.0. The fourth-order valence-electron chi connectivity index (χ4n) is 3.69. The molecule has 1 heterocycles. The van der Waals surface area contributed by atoms with E-state index in [4.69, 9.17) is 20.7 Å². The standard InChI is InChI=1S/C9H8O2.C9H18O.C8H14N2O.C8H8O.C2H6.CH4O/c1-2-7-5-3-4-6-8(7)9(10)11;1-3-4-5-9-7-6-8(2)10-9;1-3-5-7(9)10-8(11)6-4-2;1-7(9)8-5-3-2-4-6-8;2*1-2/h2-6H,1H2,(H,10,11);8-9H,3-7H2,1-2H3;3,5H,4,6H2,1-2H3,(H2,9,10,11);2-6H,1H3;1-2H3;2H,1H3/b;;5-3-;;;. The Hall–Kier alpha value is -3.88. The molecule has 0 aromatic heterocycles. The number of rotatable bonds is 9. The second kappa shape index (κ2) is 31.5. The molecule has 3 rings (SSSR count). The van der Waals surface area contributed by atoms with Gasteiger partial charge in [0, 0.05) is 19.1 Å². The number of aliphatic hydroxyl groups is 1. The third-order valence-electron chi connectivity index (χ3n) is 5.85. The predicted octanol–water partition coefficient (Wildman–Crippen LogP) is 8.54. The molecule has 0 aliphatic carbocycles. The molecule has 0 radical (unpaired) electrons. The number of aromatic carboxylic acids is 1. The summed E-state index contributed by atoms with van der Waals surface area (Å²) in [5, 5.41) is 15.6. The van der Waals surface area contributed by atoms with Crippen LogP contribution in [0.2, 0.25) is 0 Å². The summed E-state index contributed by atoms with van der Waals surface area (Å²) in [5.74, 6) is -0.662. The molecule has 2 aromatic rings. The molecule has 252 valence electrons. The van der Waals surface area contributed by atoms with Crippen molar-refractivity contribution in [3.8, 4) is 0 Å². The maximum atomic E-state index is 10.8. The second-order valence-corrected chi connectivity index (χ2v) is 9.49. The van der Waals surface area contributed by atoms with Gasteiger partial charge in [-0.1, -0.05) is 108 Å². The number of ether oxygens (including phenoxy) is 1. The van der Waals surface area contributed by atoms with Crippen molar-refractivity contribution in [1.29, 1.82) is 0 Å². The second-order valence-electron chi connectivity index (χ2n) is 9.49. The molecule has 2 atom stereocenters. The number of benzene rings is 2. The molecule has 45 heavy (non-hydrogen) atoms. The van der Waals surface area contributed by atoms with Crippen molar-refractivity contribution in [2.45, 2.75) is 106 Å². The van der Waals surface area contributed by atoms with E-state index in [-0.39, 0.29) is 17.5 Å². The van der Waals surface area contributed by atoms with Crippen LogP contribution in [0.15, 0.2) is 78.3 Å². The highest BCUT2D eigenvalue weighted by atomic mass is 16.5. The number of aliphatic hydroxyl groups excluding tert-OH is 1. The molecule has 0 spiro atoms. The van der Waals surface area contributed by atoms with Crippen LogP contribution in [0.25, 0.3) is 6.08 Å². The fourth-order valence-corrected chi connectivity index (χ4v) is 3.69. The zero-order valence-electron chi connectivity index (χ0n) is 28.8. The monoisotopic (exact) mass is 626 g/mol. The molecule has 1 aliphatic heterocycles. The van der Waals surface area contributed by atoms with Gasteiger partial charge >= 0.3 is 5.97 Å². The number of hydrogen-bond acceptors (Lipinski definition) is 5. The molecule has 1 amide bonds. The molecule has 2 unspecified atom stereocenters. The van der Waals surface area contributed by atoms with Crippen LogP contribution in [0.5, 0.6) is 0 Å². The maximum absolute atomic E-state index is 10.8. The normalized spacial score (nSPS) is 14.6. The Balaban J connectivity index is -0.000000504. The van der Waals surface area contributed by atoms with Gasteiger partial charge in [0.1, 0.15) is 5.84 Å². The lowest BCUT2D eigenvalue weighted by atomic mass is 10.1. The van der Waals surface area contributed by atoms with Gasteiger partial charge in [-0.25, -0.2) is 4.79 Å². The molecule has 8 nitrogen and oxygen atoms in total. The van der Waals surface area contributed by atoms with E-state index >= 15 is 0 Å². The molecule has 1 aliphatic rings. The average Bonchev–Trinajstić information content (AvgIpc) is 3.48. The SMILES string of the molecule is C/C=C\C(N)=NC(=O)CCC.C=Cc1ccccc1C(=O)O.CC.CC(=O)c1ccccc1.CCCCC1CCC(C)O1.CO. The smallest absolute Gasteiger partial charge is 0.336 e. The number of amides is 1. The van der Waals surface area contributed by atoms with Crippen LogP contribution in [-0.4, -0.2) is 53.0 Å². The van der Waals surface area contributed by atoms with E-state index in [2.05, 4.69) is 25.4 Å². The van der Waals surface area contributed by atoms with Crippen LogP contribution in [-0.2, 0) is 9.53 Å². The van der Waals surface area contributed by atoms with Crippen molar-refractivity contribution in [2.75, 3.05) is 7.11 Å². The zero-order chi connectivity index (χ0) is 35.0. The molecule has 4 N–H and O–H groups in total. The number of Topliss-reactive ketones (excluding diaryl/α,β-unsaturated/α-hetero) is 1. The van der Waals surface area contributed by atoms with E-state index in [1.807, 2.05) is 58.0 Å². The summed E-state index contributed by atoms with van der Waals surface area (Å²) in [4.78, 5) is 35.6. The van der Waals surface area contributed by atoms with Gasteiger partial charge in [0.2, 0.25) is 5.91 Å². The van der Waals surface area contributed by atoms with Gasteiger partial charge in [0.25, 0.3) is 0 Å². The lowest BCUT2D eigenvalue weighted by Gasteiger charge is -2.08. The Morgan fingerprint density at radius 2 is 1.58 bits per heavy atom. The first kappa shape index (κ1) is 45.5. The largest absolute Gasteiger partial charge is 0.478 e. The van der Waals surface area contributed by atoms with Gasteiger partial charge < -0.3 is 20.7 Å². The summed E-state index contributed by atoms with van der Waals surface area (Å²) < 4.78 is 5.66. The third-order valence-corrected chi connectivity index (χ3v) is 5.85. The van der Waals surface area contributed by atoms with Crippen molar-refractivity contribution in [2.24, 2.45) is 10.7 Å². The summed E-state index contributed by atoms with van der Waals surface area (Å²) in [7, 11) is 1.00. The molecule has 2 aromatic carbocycles. The highest BCUT2D eigenvalue weighted by Crippen LogP contribution is 2.22. The summed E-state index contributed by atoms with van der Waals surface area (Å²) in [6.45, 7) is 17.2. The topological polar surface area (TPSA) is 139 Å². The van der Waals surface area contributed by atoms with Gasteiger partial charge in [-0.05, 0) is 64.2 Å². The van der Waals surface area contributed by atoms with Crippen LogP contribution < -0.4 is 5.73 Å². The zero-order valence-corrected chi connectivity index (χ0v) is 28.8. The number of carbonyl (C=O) groups is 3. The van der Waals surface area contributed by atoms with E-state index in [0.29, 0.717) is 29.8 Å². The van der Waals surface area contributed by atoms with Crippen molar-refractivity contribution >= 4 is 29.6 Å². The number of aliphatic imine (C=N–C) groups is 1. The Kier molecular flexibility index (Phi) is 31.9.